The zero-order valence-electron chi connectivity index (χ0n) is 11.7. The number of hydrogen-bond acceptors (Lipinski definition) is 1. The molecule has 18 heavy (non-hydrogen) atoms. The molecule has 0 saturated carbocycles. The molecular weight excluding hydrogens is 218 g/mol. The summed E-state index contributed by atoms with van der Waals surface area (Å²) in [6, 6.07) is 10.8. The normalized spacial score (nSPS) is 32.4. The van der Waals surface area contributed by atoms with Gasteiger partial charge in [-0.3, -0.25) is 4.90 Å². The van der Waals surface area contributed by atoms with Gasteiger partial charge in [0, 0.05) is 18.6 Å². The number of benzene rings is 1. The lowest BCUT2D eigenvalue weighted by molar-refractivity contribution is 0.0110. The van der Waals surface area contributed by atoms with Gasteiger partial charge in [-0.15, -0.1) is 0 Å². The van der Waals surface area contributed by atoms with Gasteiger partial charge in [0.25, 0.3) is 0 Å². The minimum absolute atomic E-state index is 0.855. The van der Waals surface area contributed by atoms with E-state index in [1.807, 2.05) is 0 Å². The Hall–Kier alpha value is -0.820. The van der Waals surface area contributed by atoms with E-state index in [-0.39, 0.29) is 0 Å². The lowest BCUT2D eigenvalue weighted by Gasteiger charge is -2.48. The van der Waals surface area contributed by atoms with Gasteiger partial charge in [0.15, 0.2) is 0 Å². The van der Waals surface area contributed by atoms with Crippen LogP contribution in [0.15, 0.2) is 24.3 Å². The minimum Gasteiger partial charge on any atom is -0.293 e. The fourth-order valence-electron chi connectivity index (χ4n) is 4.03. The summed E-state index contributed by atoms with van der Waals surface area (Å²) in [4.78, 5) is 2.80. The Bertz CT molecular complexity index is 398. The largest absolute Gasteiger partial charge is 0.293 e. The Balaban J connectivity index is 1.75. The van der Waals surface area contributed by atoms with E-state index >= 15 is 0 Å². The third-order valence-electron chi connectivity index (χ3n) is 4.81. The Morgan fingerprint density at radius 2 is 1.89 bits per heavy atom. The van der Waals surface area contributed by atoms with Crippen LogP contribution in [0.5, 0.6) is 0 Å². The molecule has 3 rings (SSSR count). The fraction of sp³-hybridized carbons (Fsp3) is 0.647. The van der Waals surface area contributed by atoms with Gasteiger partial charge in [0.05, 0.1) is 0 Å². The molecule has 2 aliphatic heterocycles. The monoisotopic (exact) mass is 243 g/mol. The third-order valence-corrected chi connectivity index (χ3v) is 4.81. The quantitative estimate of drug-likeness (QED) is 0.754. The summed E-state index contributed by atoms with van der Waals surface area (Å²) in [6.45, 7) is 5.81. The van der Waals surface area contributed by atoms with Gasteiger partial charge in [0.1, 0.15) is 0 Å². The Labute approximate surface area is 111 Å². The van der Waals surface area contributed by atoms with E-state index in [0.717, 1.165) is 18.0 Å². The van der Waals surface area contributed by atoms with Crippen LogP contribution in [0.3, 0.4) is 0 Å². The van der Waals surface area contributed by atoms with Gasteiger partial charge in [-0.2, -0.15) is 0 Å². The van der Waals surface area contributed by atoms with Crippen molar-refractivity contribution in [3.8, 4) is 0 Å². The SMILES string of the molecule is Cc1cccc(CN2C3CCCC2CC(C)C3)c1. The van der Waals surface area contributed by atoms with Crippen LogP contribution in [-0.4, -0.2) is 17.0 Å². The Morgan fingerprint density at radius 1 is 1.17 bits per heavy atom. The van der Waals surface area contributed by atoms with Crippen LogP contribution in [-0.2, 0) is 6.54 Å². The van der Waals surface area contributed by atoms with E-state index in [1.54, 1.807) is 0 Å². The smallest absolute Gasteiger partial charge is 0.0239 e. The summed E-state index contributed by atoms with van der Waals surface area (Å²) in [6.07, 6.45) is 7.14. The summed E-state index contributed by atoms with van der Waals surface area (Å²) in [5.41, 5.74) is 2.89. The van der Waals surface area contributed by atoms with Crippen molar-refractivity contribution < 1.29 is 0 Å². The highest BCUT2D eigenvalue weighted by Gasteiger charge is 2.36. The summed E-state index contributed by atoms with van der Waals surface area (Å²) in [7, 11) is 0. The van der Waals surface area contributed by atoms with Crippen molar-refractivity contribution in [1.29, 1.82) is 0 Å². The molecule has 0 N–H and O–H groups in total. The first-order valence-electron chi connectivity index (χ1n) is 7.53. The maximum atomic E-state index is 2.80. The summed E-state index contributed by atoms with van der Waals surface area (Å²) >= 11 is 0. The van der Waals surface area contributed by atoms with Gasteiger partial charge in [-0.25, -0.2) is 0 Å². The zero-order chi connectivity index (χ0) is 12.5. The van der Waals surface area contributed by atoms with Crippen molar-refractivity contribution in [2.75, 3.05) is 0 Å². The van der Waals surface area contributed by atoms with Gasteiger partial charge in [-0.1, -0.05) is 43.2 Å². The second-order valence-corrected chi connectivity index (χ2v) is 6.48. The second kappa shape index (κ2) is 5.05. The molecule has 1 nitrogen and oxygen atoms in total. The molecule has 2 unspecified atom stereocenters. The van der Waals surface area contributed by atoms with Crippen molar-refractivity contribution in [3.05, 3.63) is 35.4 Å². The number of rotatable bonds is 2. The van der Waals surface area contributed by atoms with Crippen LogP contribution in [0.4, 0.5) is 0 Å². The molecule has 2 aliphatic rings. The van der Waals surface area contributed by atoms with Crippen LogP contribution < -0.4 is 0 Å². The first kappa shape index (κ1) is 12.2. The maximum absolute atomic E-state index is 2.80. The number of piperidine rings is 2. The fourth-order valence-corrected chi connectivity index (χ4v) is 4.03. The first-order chi connectivity index (χ1) is 8.72. The highest BCUT2D eigenvalue weighted by Crippen LogP contribution is 2.37. The van der Waals surface area contributed by atoms with Crippen molar-refractivity contribution >= 4 is 0 Å². The van der Waals surface area contributed by atoms with Crippen molar-refractivity contribution in [1.82, 2.24) is 4.90 Å². The van der Waals surface area contributed by atoms with Crippen molar-refractivity contribution in [3.63, 3.8) is 0 Å². The molecular formula is C17H25N. The zero-order valence-corrected chi connectivity index (χ0v) is 11.7. The van der Waals surface area contributed by atoms with Gasteiger partial charge in [-0.05, 0) is 44.1 Å². The lowest BCUT2D eigenvalue weighted by atomic mass is 9.79. The molecule has 2 heterocycles. The summed E-state index contributed by atoms with van der Waals surface area (Å²) in [5, 5.41) is 0. The topological polar surface area (TPSA) is 3.24 Å². The lowest BCUT2D eigenvalue weighted by Crippen LogP contribution is -2.51. The molecule has 2 fully saturated rings. The van der Waals surface area contributed by atoms with Crippen LogP contribution in [0.2, 0.25) is 0 Å². The number of nitrogens with zero attached hydrogens (tertiary/aromatic N) is 1. The number of fused-ring (bicyclic) bond motifs is 2. The molecule has 2 atom stereocenters. The predicted octanol–water partition coefficient (Wildman–Crippen LogP) is 4.15. The van der Waals surface area contributed by atoms with E-state index in [4.69, 9.17) is 0 Å². The van der Waals surface area contributed by atoms with Crippen molar-refractivity contribution in [2.45, 2.75) is 64.6 Å². The molecule has 2 bridgehead atoms. The third kappa shape index (κ3) is 2.47. The maximum Gasteiger partial charge on any atom is 0.0239 e. The van der Waals surface area contributed by atoms with Crippen molar-refractivity contribution in [2.24, 2.45) is 5.92 Å². The molecule has 1 aromatic rings. The highest BCUT2D eigenvalue weighted by molar-refractivity contribution is 5.22. The number of aryl methyl sites for hydroxylation is 1. The second-order valence-electron chi connectivity index (χ2n) is 6.48. The molecule has 1 aromatic carbocycles. The molecule has 0 radical (unpaired) electrons. The van der Waals surface area contributed by atoms with E-state index in [1.165, 1.54) is 49.8 Å². The average Bonchev–Trinajstić information content (AvgIpc) is 2.30. The van der Waals surface area contributed by atoms with E-state index in [2.05, 4.69) is 43.0 Å². The summed E-state index contributed by atoms with van der Waals surface area (Å²) < 4.78 is 0. The Kier molecular flexibility index (Phi) is 3.43. The van der Waals surface area contributed by atoms with Crippen LogP contribution >= 0.6 is 0 Å². The predicted molar refractivity (Wildman–Crippen MR) is 76.5 cm³/mol. The van der Waals surface area contributed by atoms with Crippen LogP contribution in [0.1, 0.15) is 50.2 Å². The molecule has 0 aliphatic carbocycles. The Morgan fingerprint density at radius 3 is 2.56 bits per heavy atom. The molecule has 1 heteroatoms. The van der Waals surface area contributed by atoms with E-state index in [0.29, 0.717) is 0 Å². The minimum atomic E-state index is 0.855. The van der Waals surface area contributed by atoms with Crippen LogP contribution in [0, 0.1) is 12.8 Å². The highest BCUT2D eigenvalue weighted by atomic mass is 15.2. The van der Waals surface area contributed by atoms with Crippen LogP contribution in [0.25, 0.3) is 0 Å². The number of hydrogen-bond donors (Lipinski definition) is 0. The van der Waals surface area contributed by atoms with E-state index in [9.17, 15) is 0 Å². The van der Waals surface area contributed by atoms with E-state index < -0.39 is 0 Å². The molecule has 0 amide bonds. The molecule has 2 saturated heterocycles. The summed E-state index contributed by atoms with van der Waals surface area (Å²) in [5.74, 6) is 0.939. The molecule has 0 spiro atoms. The van der Waals surface area contributed by atoms with Gasteiger partial charge < -0.3 is 0 Å². The molecule has 98 valence electrons. The first-order valence-corrected chi connectivity index (χ1v) is 7.53. The van der Waals surface area contributed by atoms with Gasteiger partial charge >= 0.3 is 0 Å². The molecule has 0 aromatic heterocycles. The van der Waals surface area contributed by atoms with Gasteiger partial charge in [0.2, 0.25) is 0 Å². The standard InChI is InChI=1S/C17H25N/c1-13-5-3-6-15(9-13)12-18-16-7-4-8-17(18)11-14(2)10-16/h3,5-6,9,14,16-17H,4,7-8,10-12H2,1-2H3. The average molecular weight is 243 g/mol.